The molecule has 0 bridgehead atoms. The first-order chi connectivity index (χ1) is 12.1. The van der Waals surface area contributed by atoms with E-state index in [0.29, 0.717) is 24.2 Å². The largest absolute Gasteiger partial charge is 0.394 e. The van der Waals surface area contributed by atoms with Gasteiger partial charge >= 0.3 is 0 Å². The van der Waals surface area contributed by atoms with Gasteiger partial charge in [0.05, 0.1) is 18.8 Å². The topological polar surface area (TPSA) is 78.9 Å². The van der Waals surface area contributed by atoms with E-state index in [2.05, 4.69) is 5.32 Å². The number of rotatable bonds is 8. The summed E-state index contributed by atoms with van der Waals surface area (Å²) in [6, 6.07) is 6.75. The maximum atomic E-state index is 12.4. The normalized spacial score (nSPS) is 19.6. The van der Waals surface area contributed by atoms with E-state index < -0.39 is 0 Å². The van der Waals surface area contributed by atoms with Crippen LogP contribution in [0.4, 0.5) is 0 Å². The molecule has 1 aromatic carbocycles. The summed E-state index contributed by atoms with van der Waals surface area (Å²) in [6.45, 7) is 5.85. The second kappa shape index (κ2) is 9.53. The highest BCUT2D eigenvalue weighted by Crippen LogP contribution is 2.18. The highest BCUT2D eigenvalue weighted by Gasteiger charge is 2.24. The molecule has 1 aliphatic heterocycles. The van der Waals surface area contributed by atoms with Gasteiger partial charge in [-0.05, 0) is 50.5 Å². The molecule has 6 heteroatoms. The Balaban J connectivity index is 1.88. The number of nitrogens with zero attached hydrogens (tertiary/aromatic N) is 1. The number of benzene rings is 1. The van der Waals surface area contributed by atoms with E-state index in [4.69, 9.17) is 9.84 Å². The van der Waals surface area contributed by atoms with Crippen LogP contribution in [0.1, 0.15) is 53.8 Å². The second-order valence-corrected chi connectivity index (χ2v) is 6.31. The lowest BCUT2D eigenvalue weighted by molar-refractivity contribution is 0.0125. The minimum atomic E-state index is -0.184. The molecule has 2 rings (SSSR count). The average molecular weight is 348 g/mol. The van der Waals surface area contributed by atoms with Gasteiger partial charge in [0.15, 0.2) is 0 Å². The van der Waals surface area contributed by atoms with Crippen molar-refractivity contribution in [1.82, 2.24) is 10.2 Å². The summed E-state index contributed by atoms with van der Waals surface area (Å²) in [6.07, 6.45) is 2.41. The van der Waals surface area contributed by atoms with Crippen molar-refractivity contribution in [3.8, 4) is 0 Å². The molecule has 1 saturated heterocycles. The Morgan fingerprint density at radius 2 is 1.80 bits per heavy atom. The predicted octanol–water partition coefficient (Wildman–Crippen LogP) is 1.83. The van der Waals surface area contributed by atoms with Crippen molar-refractivity contribution in [1.29, 1.82) is 0 Å². The summed E-state index contributed by atoms with van der Waals surface area (Å²) in [5, 5.41) is 11.9. The van der Waals surface area contributed by atoms with Crippen LogP contribution in [0, 0.1) is 0 Å². The molecular formula is C19H28N2O4. The van der Waals surface area contributed by atoms with E-state index in [1.165, 1.54) is 0 Å². The zero-order chi connectivity index (χ0) is 18.2. The van der Waals surface area contributed by atoms with Crippen molar-refractivity contribution in [2.24, 2.45) is 0 Å². The molecule has 1 aliphatic rings. The lowest BCUT2D eigenvalue weighted by Gasteiger charge is -2.20. The van der Waals surface area contributed by atoms with Crippen LogP contribution in [0.3, 0.4) is 0 Å². The maximum absolute atomic E-state index is 12.4. The number of nitrogens with one attached hydrogen (secondary N) is 1. The molecule has 0 unspecified atom stereocenters. The highest BCUT2D eigenvalue weighted by molar-refractivity contribution is 5.97. The molecule has 1 heterocycles. The van der Waals surface area contributed by atoms with Gasteiger partial charge in [-0.3, -0.25) is 9.59 Å². The lowest BCUT2D eigenvalue weighted by atomic mass is 10.1. The summed E-state index contributed by atoms with van der Waals surface area (Å²) in [5.74, 6) is -0.193. The molecular weight excluding hydrogens is 320 g/mol. The molecule has 0 aromatic heterocycles. The Bertz CT molecular complexity index is 573. The van der Waals surface area contributed by atoms with E-state index in [1.807, 2.05) is 13.8 Å². The first-order valence-corrected chi connectivity index (χ1v) is 9.02. The first-order valence-electron chi connectivity index (χ1n) is 9.02. The van der Waals surface area contributed by atoms with Gasteiger partial charge in [-0.1, -0.05) is 6.92 Å². The second-order valence-electron chi connectivity index (χ2n) is 6.31. The van der Waals surface area contributed by atoms with Crippen LogP contribution in [0.25, 0.3) is 0 Å². The number of carbonyl (C=O) groups is 2. The van der Waals surface area contributed by atoms with E-state index in [1.54, 1.807) is 29.2 Å². The molecule has 0 aliphatic carbocycles. The molecule has 2 N–H and O–H groups in total. The molecule has 138 valence electrons. The number of aliphatic hydroxyl groups excluding tert-OH is 1. The number of hydrogen-bond acceptors (Lipinski definition) is 4. The van der Waals surface area contributed by atoms with Crippen LogP contribution in [0.5, 0.6) is 0 Å². The molecule has 2 atom stereocenters. The summed E-state index contributed by atoms with van der Waals surface area (Å²) >= 11 is 0. The molecule has 25 heavy (non-hydrogen) atoms. The number of carbonyl (C=O) groups excluding carboxylic acids is 2. The van der Waals surface area contributed by atoms with Crippen LogP contribution < -0.4 is 5.32 Å². The monoisotopic (exact) mass is 348 g/mol. The fourth-order valence-corrected chi connectivity index (χ4v) is 2.99. The smallest absolute Gasteiger partial charge is 0.253 e. The third kappa shape index (κ3) is 5.28. The van der Waals surface area contributed by atoms with Crippen molar-refractivity contribution < 1.29 is 19.4 Å². The Kier molecular flexibility index (Phi) is 7.40. The quantitative estimate of drug-likeness (QED) is 0.751. The number of ether oxygens (including phenoxy) is 1. The van der Waals surface area contributed by atoms with Gasteiger partial charge in [0, 0.05) is 30.8 Å². The van der Waals surface area contributed by atoms with E-state index in [9.17, 15) is 9.59 Å². The van der Waals surface area contributed by atoms with Crippen LogP contribution in [-0.4, -0.2) is 60.3 Å². The van der Waals surface area contributed by atoms with Crippen molar-refractivity contribution in [2.75, 3.05) is 26.2 Å². The molecule has 6 nitrogen and oxygen atoms in total. The van der Waals surface area contributed by atoms with Gasteiger partial charge in [0.1, 0.15) is 0 Å². The third-order valence-electron chi connectivity index (χ3n) is 4.45. The molecule has 2 amide bonds. The fourth-order valence-electron chi connectivity index (χ4n) is 2.99. The van der Waals surface area contributed by atoms with Crippen molar-refractivity contribution in [3.05, 3.63) is 35.4 Å². The summed E-state index contributed by atoms with van der Waals surface area (Å²) in [4.78, 5) is 26.4. The summed E-state index contributed by atoms with van der Waals surface area (Å²) in [5.41, 5.74) is 1.11. The molecule has 0 spiro atoms. The van der Waals surface area contributed by atoms with Crippen molar-refractivity contribution in [2.45, 2.75) is 45.3 Å². The highest BCUT2D eigenvalue weighted by atomic mass is 16.5. The molecule has 1 fully saturated rings. The third-order valence-corrected chi connectivity index (χ3v) is 4.45. The Labute approximate surface area is 149 Å². The van der Waals surface area contributed by atoms with Gasteiger partial charge < -0.3 is 20.1 Å². The van der Waals surface area contributed by atoms with Crippen LogP contribution in [-0.2, 0) is 4.74 Å². The molecule has 0 saturated carbocycles. The first kappa shape index (κ1) is 19.4. The minimum absolute atomic E-state index is 0.00860. The zero-order valence-electron chi connectivity index (χ0n) is 15.0. The Morgan fingerprint density at radius 3 is 2.36 bits per heavy atom. The van der Waals surface area contributed by atoms with Gasteiger partial charge in [0.2, 0.25) is 0 Å². The fraction of sp³-hybridized carbons (Fsp3) is 0.579. The van der Waals surface area contributed by atoms with E-state index in [-0.39, 0.29) is 30.6 Å². The van der Waals surface area contributed by atoms with Crippen molar-refractivity contribution >= 4 is 11.8 Å². The minimum Gasteiger partial charge on any atom is -0.394 e. The number of aliphatic hydroxyl groups is 1. The Morgan fingerprint density at radius 1 is 1.16 bits per heavy atom. The molecule has 1 aromatic rings. The van der Waals surface area contributed by atoms with E-state index >= 15 is 0 Å². The van der Waals surface area contributed by atoms with E-state index in [0.717, 1.165) is 25.8 Å². The van der Waals surface area contributed by atoms with Gasteiger partial charge in [-0.15, -0.1) is 0 Å². The predicted molar refractivity (Wildman–Crippen MR) is 95.6 cm³/mol. The standard InChI is InChI=1S/C19H28N2O4/c1-3-11-21(4-2)19(24)15-7-5-14(6-8-15)18(23)20-12-16-9-10-17(13-22)25-16/h5-8,16-17,22H,3-4,9-13H2,1-2H3,(H,20,23)/t16-,17+/m1/s1. The van der Waals surface area contributed by atoms with Gasteiger partial charge in [-0.2, -0.15) is 0 Å². The van der Waals surface area contributed by atoms with Crippen LogP contribution >= 0.6 is 0 Å². The van der Waals surface area contributed by atoms with Crippen LogP contribution in [0.15, 0.2) is 24.3 Å². The average Bonchev–Trinajstić information content (AvgIpc) is 3.12. The van der Waals surface area contributed by atoms with Crippen molar-refractivity contribution in [3.63, 3.8) is 0 Å². The maximum Gasteiger partial charge on any atom is 0.253 e. The summed E-state index contributed by atoms with van der Waals surface area (Å²) in [7, 11) is 0. The number of hydrogen-bond donors (Lipinski definition) is 2. The Hall–Kier alpha value is -1.92. The van der Waals surface area contributed by atoms with Gasteiger partial charge in [0.25, 0.3) is 11.8 Å². The number of amides is 2. The molecule has 0 radical (unpaired) electrons. The van der Waals surface area contributed by atoms with Gasteiger partial charge in [-0.25, -0.2) is 0 Å². The SMILES string of the molecule is CCCN(CC)C(=O)c1ccc(C(=O)NC[C@H]2CC[C@@H](CO)O2)cc1. The summed E-state index contributed by atoms with van der Waals surface area (Å²) < 4.78 is 5.59. The lowest BCUT2D eigenvalue weighted by Crippen LogP contribution is -2.33. The zero-order valence-corrected chi connectivity index (χ0v) is 15.0. The van der Waals surface area contributed by atoms with Crippen LogP contribution in [0.2, 0.25) is 0 Å².